The molecule has 6 heteroatoms. The maximum Gasteiger partial charge on any atom is 0.407 e. The van der Waals surface area contributed by atoms with E-state index in [-0.39, 0.29) is 18.4 Å². The van der Waals surface area contributed by atoms with Crippen LogP contribution in [0.5, 0.6) is 0 Å². The van der Waals surface area contributed by atoms with Gasteiger partial charge in [0.1, 0.15) is 6.04 Å². The quantitative estimate of drug-likeness (QED) is 0.847. The maximum absolute atomic E-state index is 12.1. The van der Waals surface area contributed by atoms with E-state index in [0.29, 0.717) is 6.54 Å². The first-order valence-corrected chi connectivity index (χ1v) is 7.52. The molecule has 0 radical (unpaired) electrons. The minimum Gasteiger partial charge on any atom is -0.450 e. The van der Waals surface area contributed by atoms with E-state index in [0.717, 1.165) is 4.88 Å². The van der Waals surface area contributed by atoms with Gasteiger partial charge in [-0.2, -0.15) is 0 Å². The lowest BCUT2D eigenvalue weighted by molar-refractivity contribution is -0.124. The molecule has 2 amide bonds. The summed E-state index contributed by atoms with van der Waals surface area (Å²) in [5, 5.41) is 5.43. The maximum atomic E-state index is 12.1. The number of amides is 2. The SMILES string of the molecule is CCOC(=O)NC(C(=O)NCc1ccc(C)s1)C(C)C. The van der Waals surface area contributed by atoms with Crippen LogP contribution in [-0.4, -0.2) is 24.6 Å². The number of hydrogen-bond donors (Lipinski definition) is 2. The van der Waals surface area contributed by atoms with E-state index in [1.807, 2.05) is 32.9 Å². The molecule has 0 saturated heterocycles. The highest BCUT2D eigenvalue weighted by Gasteiger charge is 2.24. The zero-order valence-electron chi connectivity index (χ0n) is 12.4. The van der Waals surface area contributed by atoms with Gasteiger partial charge in [0.15, 0.2) is 0 Å². The Morgan fingerprint density at radius 2 is 2.05 bits per heavy atom. The van der Waals surface area contributed by atoms with Crippen molar-refractivity contribution < 1.29 is 14.3 Å². The molecule has 2 N–H and O–H groups in total. The highest BCUT2D eigenvalue weighted by atomic mass is 32.1. The van der Waals surface area contributed by atoms with Crippen LogP contribution in [0.4, 0.5) is 4.79 Å². The third-order valence-electron chi connectivity index (χ3n) is 2.73. The van der Waals surface area contributed by atoms with Crippen LogP contribution >= 0.6 is 11.3 Å². The van der Waals surface area contributed by atoms with Crippen LogP contribution < -0.4 is 10.6 Å². The number of aryl methyl sites for hydroxylation is 1. The van der Waals surface area contributed by atoms with E-state index < -0.39 is 12.1 Å². The van der Waals surface area contributed by atoms with E-state index in [1.54, 1.807) is 18.3 Å². The van der Waals surface area contributed by atoms with Gasteiger partial charge in [-0.25, -0.2) is 4.79 Å². The van der Waals surface area contributed by atoms with Gasteiger partial charge < -0.3 is 15.4 Å². The van der Waals surface area contributed by atoms with E-state index in [1.165, 1.54) is 4.88 Å². The highest BCUT2D eigenvalue weighted by molar-refractivity contribution is 7.11. The molecule has 1 atom stereocenters. The Morgan fingerprint density at radius 3 is 2.55 bits per heavy atom. The summed E-state index contributed by atoms with van der Waals surface area (Å²) in [7, 11) is 0. The van der Waals surface area contributed by atoms with E-state index in [2.05, 4.69) is 10.6 Å². The first-order chi connectivity index (χ1) is 9.43. The largest absolute Gasteiger partial charge is 0.450 e. The fraction of sp³-hybridized carbons (Fsp3) is 0.571. The van der Waals surface area contributed by atoms with Crippen molar-refractivity contribution in [2.24, 2.45) is 5.92 Å². The minimum atomic E-state index is -0.588. The molecular weight excluding hydrogens is 276 g/mol. The Hall–Kier alpha value is -1.56. The van der Waals surface area contributed by atoms with Gasteiger partial charge in [-0.3, -0.25) is 4.79 Å². The van der Waals surface area contributed by atoms with Crippen LogP contribution in [0.2, 0.25) is 0 Å². The topological polar surface area (TPSA) is 67.4 Å². The molecule has 1 aromatic heterocycles. The number of carbonyl (C=O) groups is 2. The predicted octanol–water partition coefficient (Wildman–Crippen LogP) is 2.44. The average molecular weight is 298 g/mol. The van der Waals surface area contributed by atoms with Crippen molar-refractivity contribution >= 4 is 23.3 Å². The van der Waals surface area contributed by atoms with Crippen molar-refractivity contribution in [3.63, 3.8) is 0 Å². The molecule has 112 valence electrons. The Kier molecular flexibility index (Phi) is 6.51. The first-order valence-electron chi connectivity index (χ1n) is 6.70. The number of carbonyl (C=O) groups excluding carboxylic acids is 2. The molecule has 1 heterocycles. The number of nitrogens with one attached hydrogen (secondary N) is 2. The number of thiophene rings is 1. The molecular formula is C14H22N2O3S. The molecule has 0 saturated carbocycles. The lowest BCUT2D eigenvalue weighted by Crippen LogP contribution is -2.49. The molecule has 0 aliphatic rings. The van der Waals surface area contributed by atoms with Gasteiger partial charge in [0.25, 0.3) is 0 Å². The van der Waals surface area contributed by atoms with E-state index in [4.69, 9.17) is 4.74 Å². The summed E-state index contributed by atoms with van der Waals surface area (Å²) < 4.78 is 4.81. The summed E-state index contributed by atoms with van der Waals surface area (Å²) in [4.78, 5) is 25.9. The van der Waals surface area contributed by atoms with Crippen molar-refractivity contribution in [1.29, 1.82) is 0 Å². The van der Waals surface area contributed by atoms with Crippen LogP contribution in [0, 0.1) is 12.8 Å². The van der Waals surface area contributed by atoms with Crippen LogP contribution in [0.3, 0.4) is 0 Å². The molecule has 1 aromatic rings. The van der Waals surface area contributed by atoms with Gasteiger partial charge in [-0.1, -0.05) is 13.8 Å². The van der Waals surface area contributed by atoms with Crippen LogP contribution in [-0.2, 0) is 16.1 Å². The molecule has 1 unspecified atom stereocenters. The summed E-state index contributed by atoms with van der Waals surface area (Å²) in [6, 6.07) is 3.42. The normalized spacial score (nSPS) is 12.1. The van der Waals surface area contributed by atoms with Crippen molar-refractivity contribution in [3.05, 3.63) is 21.9 Å². The third kappa shape index (κ3) is 5.21. The van der Waals surface area contributed by atoms with Gasteiger partial charge in [0.2, 0.25) is 5.91 Å². The van der Waals surface area contributed by atoms with Crippen molar-refractivity contribution in [2.75, 3.05) is 6.61 Å². The first kappa shape index (κ1) is 16.5. The summed E-state index contributed by atoms with van der Waals surface area (Å²) >= 11 is 1.65. The predicted molar refractivity (Wildman–Crippen MR) is 79.7 cm³/mol. The highest BCUT2D eigenvalue weighted by Crippen LogP contribution is 2.14. The summed E-state index contributed by atoms with van der Waals surface area (Å²) in [6.45, 7) is 8.27. The van der Waals surface area contributed by atoms with Crippen LogP contribution in [0.25, 0.3) is 0 Å². The Balaban J connectivity index is 2.53. The van der Waals surface area contributed by atoms with Gasteiger partial charge in [0.05, 0.1) is 13.2 Å². The lowest BCUT2D eigenvalue weighted by Gasteiger charge is -2.21. The fourth-order valence-corrected chi connectivity index (χ4v) is 2.53. The Bertz CT molecular complexity index is 457. The van der Waals surface area contributed by atoms with Crippen LogP contribution in [0.15, 0.2) is 12.1 Å². The molecule has 0 spiro atoms. The second-order valence-electron chi connectivity index (χ2n) is 4.82. The smallest absolute Gasteiger partial charge is 0.407 e. The van der Waals surface area contributed by atoms with E-state index >= 15 is 0 Å². The summed E-state index contributed by atoms with van der Waals surface area (Å²) in [5.41, 5.74) is 0. The molecule has 0 bridgehead atoms. The number of hydrogen-bond acceptors (Lipinski definition) is 4. The third-order valence-corrected chi connectivity index (χ3v) is 3.73. The number of alkyl carbamates (subject to hydrolysis) is 1. The molecule has 0 aromatic carbocycles. The van der Waals surface area contributed by atoms with E-state index in [9.17, 15) is 9.59 Å². The molecule has 0 aliphatic carbocycles. The standard InChI is InChI=1S/C14H22N2O3S/c1-5-19-14(18)16-12(9(2)3)13(17)15-8-11-7-6-10(4)20-11/h6-7,9,12H,5,8H2,1-4H3,(H,15,17)(H,16,18). The van der Waals surface area contributed by atoms with Crippen molar-refractivity contribution in [3.8, 4) is 0 Å². The Morgan fingerprint density at radius 1 is 1.35 bits per heavy atom. The summed E-state index contributed by atoms with van der Waals surface area (Å²) in [5.74, 6) is -0.205. The second kappa shape index (κ2) is 7.89. The molecule has 1 rings (SSSR count). The monoisotopic (exact) mass is 298 g/mol. The second-order valence-corrected chi connectivity index (χ2v) is 6.19. The fourth-order valence-electron chi connectivity index (χ4n) is 1.70. The van der Waals surface area contributed by atoms with Gasteiger partial charge in [0, 0.05) is 9.75 Å². The number of ether oxygens (including phenoxy) is 1. The molecule has 0 fully saturated rings. The van der Waals surface area contributed by atoms with Crippen molar-refractivity contribution in [2.45, 2.75) is 40.3 Å². The lowest BCUT2D eigenvalue weighted by atomic mass is 10.0. The minimum absolute atomic E-state index is 0.00974. The molecule has 0 aliphatic heterocycles. The average Bonchev–Trinajstić information content (AvgIpc) is 2.79. The zero-order chi connectivity index (χ0) is 15.1. The zero-order valence-corrected chi connectivity index (χ0v) is 13.2. The Labute approximate surface area is 123 Å². The van der Waals surface area contributed by atoms with Gasteiger partial charge in [-0.05, 0) is 31.9 Å². The summed E-state index contributed by atoms with van der Waals surface area (Å²) in [6.07, 6.45) is -0.562. The molecule has 20 heavy (non-hydrogen) atoms. The van der Waals surface area contributed by atoms with Crippen molar-refractivity contribution in [1.82, 2.24) is 10.6 Å². The van der Waals surface area contributed by atoms with Gasteiger partial charge >= 0.3 is 6.09 Å². The molecule has 5 nitrogen and oxygen atoms in total. The number of rotatable bonds is 6. The van der Waals surface area contributed by atoms with Gasteiger partial charge in [-0.15, -0.1) is 11.3 Å². The van der Waals surface area contributed by atoms with Crippen LogP contribution in [0.1, 0.15) is 30.5 Å².